The van der Waals surface area contributed by atoms with E-state index in [1.54, 1.807) is 0 Å². The van der Waals surface area contributed by atoms with Gasteiger partial charge >= 0.3 is 0 Å². The van der Waals surface area contributed by atoms with Crippen LogP contribution in [0.5, 0.6) is 0 Å². The van der Waals surface area contributed by atoms with Crippen molar-refractivity contribution >= 4 is 0 Å². The quantitative estimate of drug-likeness (QED) is 0.139. The van der Waals surface area contributed by atoms with Gasteiger partial charge in [0.1, 0.15) is 11.5 Å². The number of aromatic amines is 3. The second kappa shape index (κ2) is 41.7. The number of aryl methyl sites for hydroxylation is 2. The van der Waals surface area contributed by atoms with Crippen molar-refractivity contribution in [1.82, 2.24) is 15.0 Å². The first-order valence-corrected chi connectivity index (χ1v) is 31.1. The minimum Gasteiger partial charge on any atom is -0.342 e. The number of aromatic nitrogens is 4. The lowest BCUT2D eigenvalue weighted by Gasteiger charge is -2.29. The number of hydrogen-bond donors (Lipinski definition) is 2. The van der Waals surface area contributed by atoms with E-state index < -0.39 is 0 Å². The Kier molecular flexibility index (Phi) is 36.9. The molecule has 4 heteroatoms. The molecule has 434 valence electrons. The van der Waals surface area contributed by atoms with Gasteiger partial charge in [0.15, 0.2) is 5.69 Å². The Morgan fingerprint density at radius 3 is 1.19 bits per heavy atom. The molecular formula is C77H107N4+. The molecule has 7 aromatic carbocycles. The highest BCUT2D eigenvalue weighted by molar-refractivity contribution is 5.69. The Morgan fingerprint density at radius 2 is 0.790 bits per heavy atom. The van der Waals surface area contributed by atoms with Gasteiger partial charge in [0.05, 0.1) is 11.3 Å². The molecule has 4 nitrogen and oxygen atoms in total. The number of nitrogens with one attached hydrogen (secondary N) is 3. The maximum absolute atomic E-state index is 4.84. The normalized spacial score (nSPS) is 13.5. The van der Waals surface area contributed by atoms with Crippen molar-refractivity contribution in [3.05, 3.63) is 252 Å². The second-order valence-corrected chi connectivity index (χ2v) is 18.1. The van der Waals surface area contributed by atoms with Crippen LogP contribution in [0.1, 0.15) is 177 Å². The predicted molar refractivity (Wildman–Crippen MR) is 360 cm³/mol. The minimum atomic E-state index is 0.0858. The van der Waals surface area contributed by atoms with Crippen molar-refractivity contribution in [3.8, 4) is 45.3 Å². The summed E-state index contributed by atoms with van der Waals surface area (Å²) in [4.78, 5) is 15.3. The number of fused-ring (bicyclic) bond motifs is 2. The molecule has 3 atom stereocenters. The summed E-state index contributed by atoms with van der Waals surface area (Å²) in [5.74, 6) is 4.82. The lowest BCUT2D eigenvalue weighted by atomic mass is 9.74. The Morgan fingerprint density at radius 1 is 0.407 bits per heavy atom. The Labute approximate surface area is 495 Å². The van der Waals surface area contributed by atoms with E-state index >= 15 is 0 Å². The summed E-state index contributed by atoms with van der Waals surface area (Å²) in [5, 5.41) is 0. The van der Waals surface area contributed by atoms with Crippen LogP contribution in [0, 0.1) is 31.6 Å². The van der Waals surface area contributed by atoms with Gasteiger partial charge in [0, 0.05) is 40.6 Å². The van der Waals surface area contributed by atoms with Crippen LogP contribution >= 0.6 is 0 Å². The van der Waals surface area contributed by atoms with E-state index in [1.807, 2.05) is 135 Å². The molecule has 2 aliphatic rings. The monoisotopic (exact) mass is 1090 g/mol. The summed E-state index contributed by atoms with van der Waals surface area (Å²) >= 11 is 0. The van der Waals surface area contributed by atoms with Crippen LogP contribution in [0.15, 0.2) is 218 Å². The first-order valence-electron chi connectivity index (χ1n) is 31.1. The van der Waals surface area contributed by atoms with Crippen molar-refractivity contribution in [1.29, 1.82) is 0 Å². The second-order valence-electron chi connectivity index (χ2n) is 18.1. The van der Waals surface area contributed by atoms with E-state index in [9.17, 15) is 0 Å². The third-order valence-corrected chi connectivity index (χ3v) is 13.4. The number of imidazole rings is 2. The van der Waals surface area contributed by atoms with Crippen LogP contribution in [0.25, 0.3) is 45.3 Å². The fourth-order valence-electron chi connectivity index (χ4n) is 9.90. The SMILES string of the molecule is C1=CC2CC1CC2C(c1ccccc1)c1ccccc1.CC.CC.CC.CC.CC.CC.CC.CC.CC(C)(c1ccccc1)c1ccccc1.Cc1[nH]c(-c2ccc(-c3[nH]c(C)c(-c4ccccc4)[nH+]3)cc2)nc1-c1ccccc1. The van der Waals surface area contributed by atoms with Gasteiger partial charge in [-0.25, -0.2) is 15.0 Å². The van der Waals surface area contributed by atoms with E-state index in [0.717, 1.165) is 68.9 Å². The fourth-order valence-corrected chi connectivity index (χ4v) is 9.90. The largest absolute Gasteiger partial charge is 0.342 e. The number of benzene rings is 7. The van der Waals surface area contributed by atoms with Gasteiger partial charge in [-0.05, 0) is 71.9 Å². The Bertz CT molecular complexity index is 2720. The molecule has 1 saturated carbocycles. The maximum atomic E-state index is 4.84. The third kappa shape index (κ3) is 21.0. The molecule has 81 heavy (non-hydrogen) atoms. The van der Waals surface area contributed by atoms with E-state index in [-0.39, 0.29) is 5.41 Å². The Hall–Kier alpha value is -7.30. The van der Waals surface area contributed by atoms with E-state index in [2.05, 4.69) is 237 Å². The van der Waals surface area contributed by atoms with Crippen LogP contribution in [-0.4, -0.2) is 15.0 Å². The lowest BCUT2D eigenvalue weighted by molar-refractivity contribution is -0.349. The molecule has 0 aliphatic heterocycles. The first kappa shape index (κ1) is 71.7. The van der Waals surface area contributed by atoms with Crippen molar-refractivity contribution < 1.29 is 4.98 Å². The minimum absolute atomic E-state index is 0.0858. The van der Waals surface area contributed by atoms with Crippen molar-refractivity contribution in [2.24, 2.45) is 17.8 Å². The topological polar surface area (TPSA) is 58.6 Å². The van der Waals surface area contributed by atoms with E-state index in [4.69, 9.17) is 4.98 Å². The molecule has 3 unspecified atom stereocenters. The zero-order valence-corrected chi connectivity index (χ0v) is 54.0. The van der Waals surface area contributed by atoms with Crippen LogP contribution in [0.3, 0.4) is 0 Å². The van der Waals surface area contributed by atoms with Gasteiger partial charge in [-0.1, -0.05) is 331 Å². The van der Waals surface area contributed by atoms with Gasteiger partial charge < -0.3 is 4.98 Å². The van der Waals surface area contributed by atoms with Crippen LogP contribution in [0.4, 0.5) is 0 Å². The number of nitrogens with zero attached hydrogens (tertiary/aromatic N) is 1. The zero-order chi connectivity index (χ0) is 60.6. The molecule has 0 spiro atoms. The van der Waals surface area contributed by atoms with E-state index in [0.29, 0.717) is 5.92 Å². The molecule has 1 fully saturated rings. The first-order chi connectivity index (χ1) is 39.8. The molecule has 2 heterocycles. The third-order valence-electron chi connectivity index (χ3n) is 13.4. The van der Waals surface area contributed by atoms with Gasteiger partial charge in [-0.2, -0.15) is 0 Å². The van der Waals surface area contributed by atoms with Gasteiger partial charge in [0.2, 0.25) is 0 Å². The molecule has 2 bridgehead atoms. The van der Waals surface area contributed by atoms with Crippen LogP contribution in [0.2, 0.25) is 0 Å². The molecule has 2 aromatic heterocycles. The number of allylic oxidation sites excluding steroid dienone is 2. The summed E-state index contributed by atoms with van der Waals surface area (Å²) in [6.07, 6.45) is 7.64. The van der Waals surface area contributed by atoms with Crippen LogP contribution in [-0.2, 0) is 5.41 Å². The lowest BCUT2D eigenvalue weighted by Crippen LogP contribution is -2.18. The molecule has 3 N–H and O–H groups in total. The highest BCUT2D eigenvalue weighted by atomic mass is 14.9. The van der Waals surface area contributed by atoms with Crippen molar-refractivity contribution in [3.63, 3.8) is 0 Å². The van der Waals surface area contributed by atoms with Crippen molar-refractivity contribution in [2.45, 2.75) is 163 Å². The summed E-state index contributed by atoms with van der Waals surface area (Å²) < 4.78 is 0. The standard InChI is InChI=1S/C26H22N4.C20H20.C15H16.8C2H6/c1-17-23(19-9-5-3-6-10-19)29-25(27-17)21-13-15-22(16-14-21)26-28-18(2)24(30-26)20-11-7-4-8-12-20;1-3-7-16(8-4-1)20(17-9-5-2-6-10-17)19-14-15-11-12-18(19)13-15;1-15(2,13-9-5-3-6-10-13)14-11-7-4-8-12-14;8*1-2/h3-16H,1-2H3,(H,27,29)(H,28,30);1-12,15,18-20H,13-14H2;3-12H,1-2H3;8*1-2H3/p+1. The summed E-state index contributed by atoms with van der Waals surface area (Å²) in [5.41, 5.74) is 14.5. The average Bonchev–Trinajstić information content (AvgIpc) is 4.40. The van der Waals surface area contributed by atoms with E-state index in [1.165, 1.54) is 40.7 Å². The van der Waals surface area contributed by atoms with Crippen molar-refractivity contribution in [2.75, 3.05) is 0 Å². The number of hydrogen-bond acceptors (Lipinski definition) is 1. The zero-order valence-electron chi connectivity index (χ0n) is 54.0. The summed E-state index contributed by atoms with van der Waals surface area (Å²) in [6, 6.07) is 72.5. The molecule has 2 aliphatic carbocycles. The van der Waals surface area contributed by atoms with Gasteiger partial charge in [0.25, 0.3) is 5.82 Å². The van der Waals surface area contributed by atoms with Crippen LogP contribution < -0.4 is 4.98 Å². The molecule has 0 saturated heterocycles. The fraction of sp³-hybridized carbons (Fsp3) is 0.351. The molecule has 0 radical (unpaired) electrons. The summed E-state index contributed by atoms with van der Waals surface area (Å²) in [6.45, 7) is 40.7. The molecule has 11 rings (SSSR count). The Balaban J connectivity index is 0.000000562. The molecule has 0 amide bonds. The highest BCUT2D eigenvalue weighted by Crippen LogP contribution is 2.51. The predicted octanol–water partition coefficient (Wildman–Crippen LogP) is 23.1. The summed E-state index contributed by atoms with van der Waals surface area (Å²) in [7, 11) is 0. The smallest absolute Gasteiger partial charge is 0.285 e. The maximum Gasteiger partial charge on any atom is 0.285 e. The number of H-pyrrole nitrogens is 3. The molecule has 9 aromatic rings. The highest BCUT2D eigenvalue weighted by Gasteiger charge is 2.41. The molecular weight excluding hydrogens is 981 g/mol. The average molecular weight is 1090 g/mol. The van der Waals surface area contributed by atoms with Gasteiger partial charge in [-0.15, -0.1) is 0 Å². The number of rotatable bonds is 9. The van der Waals surface area contributed by atoms with Gasteiger partial charge in [-0.3, -0.25) is 0 Å².